The molecular formula is C12H12BrN. The summed E-state index contributed by atoms with van der Waals surface area (Å²) in [5, 5.41) is 1.25. The molecule has 0 aliphatic carbocycles. The molecule has 0 unspecified atom stereocenters. The lowest BCUT2D eigenvalue weighted by molar-refractivity contribution is 1.26. The van der Waals surface area contributed by atoms with Crippen molar-refractivity contribution in [1.82, 2.24) is 4.98 Å². The summed E-state index contributed by atoms with van der Waals surface area (Å²) in [5.74, 6) is 0. The van der Waals surface area contributed by atoms with Gasteiger partial charge in [0.05, 0.1) is 5.52 Å². The van der Waals surface area contributed by atoms with Crippen LogP contribution in [0.4, 0.5) is 0 Å². The van der Waals surface area contributed by atoms with E-state index in [2.05, 4.69) is 59.9 Å². The lowest BCUT2D eigenvalue weighted by Crippen LogP contribution is -1.88. The largest absolute Gasteiger partial charge is 0.241 e. The SMILES string of the molecule is Cc1cc(C)c2cc(C)c(Br)nc2c1. The summed E-state index contributed by atoms with van der Waals surface area (Å²) in [7, 11) is 0. The minimum atomic E-state index is 0.940. The van der Waals surface area contributed by atoms with Gasteiger partial charge >= 0.3 is 0 Å². The first-order valence-corrected chi connectivity index (χ1v) is 5.41. The summed E-state index contributed by atoms with van der Waals surface area (Å²) < 4.78 is 0.940. The smallest absolute Gasteiger partial charge is 0.109 e. The second kappa shape index (κ2) is 3.35. The molecule has 1 aromatic heterocycles. The molecule has 0 aliphatic heterocycles. The maximum Gasteiger partial charge on any atom is 0.109 e. The van der Waals surface area contributed by atoms with Gasteiger partial charge in [0.25, 0.3) is 0 Å². The molecule has 0 bridgehead atoms. The van der Waals surface area contributed by atoms with Crippen LogP contribution >= 0.6 is 15.9 Å². The van der Waals surface area contributed by atoms with Crippen molar-refractivity contribution in [2.45, 2.75) is 20.8 Å². The molecule has 0 spiro atoms. The number of benzene rings is 1. The Balaban J connectivity index is 2.89. The van der Waals surface area contributed by atoms with Gasteiger partial charge in [-0.2, -0.15) is 0 Å². The van der Waals surface area contributed by atoms with Crippen LogP contribution in [0.2, 0.25) is 0 Å². The topological polar surface area (TPSA) is 12.9 Å². The van der Waals surface area contributed by atoms with Crippen molar-refractivity contribution >= 4 is 26.8 Å². The molecule has 0 aliphatic rings. The molecule has 0 fully saturated rings. The van der Waals surface area contributed by atoms with E-state index in [0.29, 0.717) is 0 Å². The number of hydrogen-bond donors (Lipinski definition) is 0. The zero-order valence-corrected chi connectivity index (χ0v) is 10.1. The maximum atomic E-state index is 4.51. The predicted molar refractivity (Wildman–Crippen MR) is 63.7 cm³/mol. The van der Waals surface area contributed by atoms with Crippen LogP contribution < -0.4 is 0 Å². The Kier molecular flexibility index (Phi) is 2.31. The number of hydrogen-bond acceptors (Lipinski definition) is 1. The minimum absolute atomic E-state index is 0.940. The van der Waals surface area contributed by atoms with E-state index >= 15 is 0 Å². The van der Waals surface area contributed by atoms with Gasteiger partial charge in [0.2, 0.25) is 0 Å². The lowest BCUT2D eigenvalue weighted by Gasteiger charge is -2.06. The molecular weight excluding hydrogens is 238 g/mol. The van der Waals surface area contributed by atoms with Crippen LogP contribution in [0.25, 0.3) is 10.9 Å². The average molecular weight is 250 g/mol. The van der Waals surface area contributed by atoms with Crippen LogP contribution in [0.3, 0.4) is 0 Å². The average Bonchev–Trinajstić information content (AvgIpc) is 2.08. The van der Waals surface area contributed by atoms with E-state index in [1.807, 2.05) is 0 Å². The molecule has 1 nitrogen and oxygen atoms in total. The summed E-state index contributed by atoms with van der Waals surface area (Å²) in [5.41, 5.74) is 4.81. The number of aromatic nitrogens is 1. The van der Waals surface area contributed by atoms with Gasteiger partial charge in [-0.1, -0.05) is 6.07 Å². The third-order valence-electron chi connectivity index (χ3n) is 2.41. The van der Waals surface area contributed by atoms with Crippen molar-refractivity contribution in [2.24, 2.45) is 0 Å². The highest BCUT2D eigenvalue weighted by molar-refractivity contribution is 9.10. The molecule has 0 amide bonds. The normalized spacial score (nSPS) is 10.9. The lowest BCUT2D eigenvalue weighted by atomic mass is 10.1. The second-order valence-electron chi connectivity index (χ2n) is 3.74. The first-order chi connectivity index (χ1) is 6.58. The number of aryl methyl sites for hydroxylation is 3. The van der Waals surface area contributed by atoms with Crippen LogP contribution in [-0.4, -0.2) is 4.98 Å². The zero-order chi connectivity index (χ0) is 10.3. The van der Waals surface area contributed by atoms with Crippen LogP contribution in [-0.2, 0) is 0 Å². The van der Waals surface area contributed by atoms with Crippen molar-refractivity contribution in [1.29, 1.82) is 0 Å². The minimum Gasteiger partial charge on any atom is -0.241 e. The molecule has 1 heterocycles. The number of nitrogens with zero attached hydrogens (tertiary/aromatic N) is 1. The van der Waals surface area contributed by atoms with Crippen LogP contribution in [0.1, 0.15) is 16.7 Å². The number of pyridine rings is 1. The monoisotopic (exact) mass is 249 g/mol. The molecule has 0 saturated carbocycles. The molecule has 2 heteroatoms. The molecule has 2 rings (SSSR count). The Hall–Kier alpha value is -0.890. The quantitative estimate of drug-likeness (QED) is 0.645. The Morgan fingerprint density at radius 1 is 1.00 bits per heavy atom. The zero-order valence-electron chi connectivity index (χ0n) is 8.56. The fourth-order valence-electron chi connectivity index (χ4n) is 1.71. The van der Waals surface area contributed by atoms with Gasteiger partial charge in [-0.25, -0.2) is 4.98 Å². The van der Waals surface area contributed by atoms with Gasteiger partial charge in [0, 0.05) is 5.39 Å². The highest BCUT2D eigenvalue weighted by atomic mass is 79.9. The fraction of sp³-hybridized carbons (Fsp3) is 0.250. The number of rotatable bonds is 0. The number of halogens is 1. The molecule has 1 aromatic carbocycles. The van der Waals surface area contributed by atoms with Crippen LogP contribution in [0.15, 0.2) is 22.8 Å². The molecule has 0 N–H and O–H groups in total. The first-order valence-electron chi connectivity index (χ1n) is 4.62. The Morgan fingerprint density at radius 3 is 2.43 bits per heavy atom. The molecule has 0 radical (unpaired) electrons. The van der Waals surface area contributed by atoms with Gasteiger partial charge in [0.1, 0.15) is 4.60 Å². The summed E-state index contributed by atoms with van der Waals surface area (Å²) in [6, 6.07) is 6.49. The first kappa shape index (κ1) is 9.66. The van der Waals surface area contributed by atoms with E-state index in [4.69, 9.17) is 0 Å². The van der Waals surface area contributed by atoms with E-state index in [9.17, 15) is 0 Å². The van der Waals surface area contributed by atoms with Crippen LogP contribution in [0, 0.1) is 20.8 Å². The Bertz CT molecular complexity index is 503. The Labute approximate surface area is 92.3 Å². The predicted octanol–water partition coefficient (Wildman–Crippen LogP) is 3.92. The van der Waals surface area contributed by atoms with E-state index in [1.54, 1.807) is 0 Å². The van der Waals surface area contributed by atoms with Gasteiger partial charge in [-0.05, 0) is 65.5 Å². The van der Waals surface area contributed by atoms with Crippen molar-refractivity contribution in [3.05, 3.63) is 39.5 Å². The van der Waals surface area contributed by atoms with Gasteiger partial charge in [-0.15, -0.1) is 0 Å². The molecule has 0 atom stereocenters. The van der Waals surface area contributed by atoms with E-state index in [-0.39, 0.29) is 0 Å². The van der Waals surface area contributed by atoms with Gasteiger partial charge in [0.15, 0.2) is 0 Å². The molecule has 72 valence electrons. The number of fused-ring (bicyclic) bond motifs is 1. The second-order valence-corrected chi connectivity index (χ2v) is 4.50. The summed E-state index contributed by atoms with van der Waals surface area (Å²) >= 11 is 3.45. The van der Waals surface area contributed by atoms with E-state index in [1.165, 1.54) is 22.1 Å². The molecule has 2 aromatic rings. The third-order valence-corrected chi connectivity index (χ3v) is 3.22. The van der Waals surface area contributed by atoms with Gasteiger partial charge < -0.3 is 0 Å². The van der Waals surface area contributed by atoms with Crippen LogP contribution in [0.5, 0.6) is 0 Å². The molecule has 14 heavy (non-hydrogen) atoms. The van der Waals surface area contributed by atoms with Gasteiger partial charge in [-0.3, -0.25) is 0 Å². The summed E-state index contributed by atoms with van der Waals surface area (Å²) in [4.78, 5) is 4.51. The van der Waals surface area contributed by atoms with E-state index in [0.717, 1.165) is 10.1 Å². The highest BCUT2D eigenvalue weighted by Gasteiger charge is 2.03. The fourth-order valence-corrected chi connectivity index (χ4v) is 2.01. The maximum absolute atomic E-state index is 4.51. The van der Waals surface area contributed by atoms with Crippen molar-refractivity contribution < 1.29 is 0 Å². The molecule has 0 saturated heterocycles. The summed E-state index contributed by atoms with van der Waals surface area (Å²) in [6.07, 6.45) is 0. The van der Waals surface area contributed by atoms with Crippen molar-refractivity contribution in [3.63, 3.8) is 0 Å². The van der Waals surface area contributed by atoms with Crippen molar-refractivity contribution in [3.8, 4) is 0 Å². The third kappa shape index (κ3) is 1.55. The van der Waals surface area contributed by atoms with Crippen molar-refractivity contribution in [2.75, 3.05) is 0 Å². The van der Waals surface area contributed by atoms with E-state index < -0.39 is 0 Å². The summed E-state index contributed by atoms with van der Waals surface area (Å²) in [6.45, 7) is 6.29. The standard InChI is InChI=1S/C12H12BrN/c1-7-4-8(2)10-6-9(3)12(13)14-11(10)5-7/h4-6H,1-3H3. The Morgan fingerprint density at radius 2 is 1.71 bits per heavy atom. The highest BCUT2D eigenvalue weighted by Crippen LogP contribution is 2.23.